The molecule has 6 nitrogen and oxygen atoms in total. The van der Waals surface area contributed by atoms with Crippen LogP contribution in [0.4, 0.5) is 5.69 Å². The minimum atomic E-state index is -1.07. The van der Waals surface area contributed by atoms with Crippen molar-refractivity contribution >= 4 is 23.5 Å². The van der Waals surface area contributed by atoms with Crippen LogP contribution in [0.3, 0.4) is 0 Å². The van der Waals surface area contributed by atoms with Crippen LogP contribution in [-0.2, 0) is 20.8 Å². The SMILES string of the molecule is CC(=O)Nc1ccc(CC(=O)NC(C)C(=O)O)cc1. The Morgan fingerprint density at radius 2 is 1.79 bits per heavy atom. The zero-order valence-corrected chi connectivity index (χ0v) is 10.8. The second kappa shape index (κ2) is 6.53. The van der Waals surface area contributed by atoms with Gasteiger partial charge in [-0.15, -0.1) is 0 Å². The van der Waals surface area contributed by atoms with E-state index in [0.29, 0.717) is 5.69 Å². The Labute approximate surface area is 110 Å². The van der Waals surface area contributed by atoms with Crippen molar-refractivity contribution in [2.24, 2.45) is 0 Å². The molecule has 0 saturated carbocycles. The lowest BCUT2D eigenvalue weighted by Gasteiger charge is -2.09. The molecule has 1 aromatic carbocycles. The summed E-state index contributed by atoms with van der Waals surface area (Å²) >= 11 is 0. The molecule has 1 atom stereocenters. The predicted molar refractivity (Wildman–Crippen MR) is 69.7 cm³/mol. The summed E-state index contributed by atoms with van der Waals surface area (Å²) in [5.74, 6) is -1.60. The largest absolute Gasteiger partial charge is 0.480 e. The zero-order chi connectivity index (χ0) is 14.4. The van der Waals surface area contributed by atoms with Crippen molar-refractivity contribution in [3.8, 4) is 0 Å². The van der Waals surface area contributed by atoms with Gasteiger partial charge in [0.1, 0.15) is 6.04 Å². The van der Waals surface area contributed by atoms with Gasteiger partial charge in [0, 0.05) is 12.6 Å². The number of carbonyl (C=O) groups is 3. The number of nitrogens with one attached hydrogen (secondary N) is 2. The number of anilines is 1. The van der Waals surface area contributed by atoms with Gasteiger partial charge < -0.3 is 15.7 Å². The van der Waals surface area contributed by atoms with Crippen LogP contribution < -0.4 is 10.6 Å². The molecule has 102 valence electrons. The standard InChI is InChI=1S/C13H16N2O4/c1-8(13(18)19)14-12(17)7-10-3-5-11(6-4-10)15-9(2)16/h3-6,8H,7H2,1-2H3,(H,14,17)(H,15,16)(H,18,19). The number of amides is 2. The highest BCUT2D eigenvalue weighted by Gasteiger charge is 2.13. The summed E-state index contributed by atoms with van der Waals surface area (Å²) < 4.78 is 0. The van der Waals surface area contributed by atoms with Crippen LogP contribution >= 0.6 is 0 Å². The molecule has 2 amide bonds. The molecular weight excluding hydrogens is 248 g/mol. The van der Waals surface area contributed by atoms with E-state index >= 15 is 0 Å². The molecule has 0 radical (unpaired) electrons. The first-order valence-corrected chi connectivity index (χ1v) is 5.77. The Bertz CT molecular complexity index is 482. The first-order valence-electron chi connectivity index (χ1n) is 5.77. The highest BCUT2D eigenvalue weighted by atomic mass is 16.4. The second-order valence-corrected chi connectivity index (χ2v) is 4.18. The van der Waals surface area contributed by atoms with Gasteiger partial charge in [-0.3, -0.25) is 14.4 Å². The Kier molecular flexibility index (Phi) is 5.05. The zero-order valence-electron chi connectivity index (χ0n) is 10.8. The normalized spacial score (nSPS) is 11.5. The van der Waals surface area contributed by atoms with Gasteiger partial charge in [-0.2, -0.15) is 0 Å². The molecule has 0 spiro atoms. The molecule has 1 aromatic rings. The van der Waals surface area contributed by atoms with Crippen molar-refractivity contribution in [2.45, 2.75) is 26.3 Å². The number of carboxylic acids is 1. The molecule has 0 saturated heterocycles. The molecule has 1 unspecified atom stereocenters. The average Bonchev–Trinajstić information content (AvgIpc) is 2.30. The van der Waals surface area contributed by atoms with E-state index in [9.17, 15) is 14.4 Å². The number of carbonyl (C=O) groups excluding carboxylic acids is 2. The van der Waals surface area contributed by atoms with Crippen molar-refractivity contribution in [3.63, 3.8) is 0 Å². The lowest BCUT2D eigenvalue weighted by Crippen LogP contribution is -2.39. The third-order valence-corrected chi connectivity index (χ3v) is 2.39. The number of rotatable bonds is 5. The fourth-order valence-electron chi connectivity index (χ4n) is 1.45. The molecule has 0 aromatic heterocycles. The summed E-state index contributed by atoms with van der Waals surface area (Å²) in [7, 11) is 0. The fraction of sp³-hybridized carbons (Fsp3) is 0.308. The summed E-state index contributed by atoms with van der Waals surface area (Å²) in [5, 5.41) is 13.6. The maximum absolute atomic E-state index is 11.5. The van der Waals surface area contributed by atoms with E-state index in [1.807, 2.05) is 0 Å². The summed E-state index contributed by atoms with van der Waals surface area (Å²) in [4.78, 5) is 33.0. The van der Waals surface area contributed by atoms with Gasteiger partial charge in [-0.25, -0.2) is 0 Å². The van der Waals surface area contributed by atoms with E-state index in [1.165, 1.54) is 13.8 Å². The highest BCUT2D eigenvalue weighted by molar-refractivity contribution is 5.89. The molecule has 0 aliphatic heterocycles. The molecule has 3 N–H and O–H groups in total. The molecule has 0 bridgehead atoms. The maximum atomic E-state index is 11.5. The summed E-state index contributed by atoms with van der Waals surface area (Å²) in [6, 6.07) is 5.87. The lowest BCUT2D eigenvalue weighted by molar-refractivity contribution is -0.141. The Morgan fingerprint density at radius 1 is 1.21 bits per heavy atom. The van der Waals surface area contributed by atoms with E-state index in [2.05, 4.69) is 10.6 Å². The highest BCUT2D eigenvalue weighted by Crippen LogP contribution is 2.10. The van der Waals surface area contributed by atoms with Crippen LogP contribution in [-0.4, -0.2) is 28.9 Å². The van der Waals surface area contributed by atoms with Crippen LogP contribution in [0.25, 0.3) is 0 Å². The number of benzene rings is 1. The van der Waals surface area contributed by atoms with Crippen LogP contribution in [0.1, 0.15) is 19.4 Å². The quantitative estimate of drug-likeness (QED) is 0.732. The van der Waals surface area contributed by atoms with Gasteiger partial charge in [0.2, 0.25) is 11.8 Å². The first kappa shape index (κ1) is 14.7. The molecular formula is C13H16N2O4. The van der Waals surface area contributed by atoms with E-state index in [1.54, 1.807) is 24.3 Å². The summed E-state index contributed by atoms with van der Waals surface area (Å²) in [5.41, 5.74) is 1.39. The summed E-state index contributed by atoms with van der Waals surface area (Å²) in [6.07, 6.45) is 0.0952. The van der Waals surface area contributed by atoms with Crippen molar-refractivity contribution in [2.75, 3.05) is 5.32 Å². The van der Waals surface area contributed by atoms with E-state index in [4.69, 9.17) is 5.11 Å². The summed E-state index contributed by atoms with van der Waals surface area (Å²) in [6.45, 7) is 2.81. The number of aliphatic carboxylic acids is 1. The van der Waals surface area contributed by atoms with Gasteiger partial charge in [0.15, 0.2) is 0 Å². The molecule has 0 fully saturated rings. The molecule has 1 rings (SSSR count). The Morgan fingerprint density at radius 3 is 2.26 bits per heavy atom. The molecule has 0 aliphatic rings. The molecule has 0 aliphatic carbocycles. The topological polar surface area (TPSA) is 95.5 Å². The van der Waals surface area contributed by atoms with Gasteiger partial charge in [-0.05, 0) is 24.6 Å². The molecule has 0 heterocycles. The monoisotopic (exact) mass is 264 g/mol. The lowest BCUT2D eigenvalue weighted by atomic mass is 10.1. The molecule has 19 heavy (non-hydrogen) atoms. The minimum absolute atomic E-state index is 0.0952. The van der Waals surface area contributed by atoms with Crippen molar-refractivity contribution in [1.29, 1.82) is 0 Å². The van der Waals surface area contributed by atoms with E-state index in [0.717, 1.165) is 5.56 Å². The van der Waals surface area contributed by atoms with Gasteiger partial charge in [-0.1, -0.05) is 12.1 Å². The van der Waals surface area contributed by atoms with Gasteiger partial charge in [0.05, 0.1) is 6.42 Å². The third kappa shape index (κ3) is 5.20. The van der Waals surface area contributed by atoms with Crippen LogP contribution in [0.2, 0.25) is 0 Å². The fourth-order valence-corrected chi connectivity index (χ4v) is 1.45. The first-order chi connectivity index (χ1) is 8.88. The van der Waals surface area contributed by atoms with E-state index < -0.39 is 12.0 Å². The number of hydrogen-bond donors (Lipinski definition) is 3. The minimum Gasteiger partial charge on any atom is -0.480 e. The predicted octanol–water partition coefficient (Wildman–Crippen LogP) is 0.777. The Balaban J connectivity index is 2.55. The van der Waals surface area contributed by atoms with Crippen LogP contribution in [0.15, 0.2) is 24.3 Å². The third-order valence-electron chi connectivity index (χ3n) is 2.39. The van der Waals surface area contributed by atoms with Crippen LogP contribution in [0.5, 0.6) is 0 Å². The number of carboxylic acid groups (broad SMARTS) is 1. The van der Waals surface area contributed by atoms with Crippen molar-refractivity contribution in [1.82, 2.24) is 5.32 Å². The maximum Gasteiger partial charge on any atom is 0.325 e. The second-order valence-electron chi connectivity index (χ2n) is 4.18. The van der Waals surface area contributed by atoms with Crippen molar-refractivity contribution < 1.29 is 19.5 Å². The average molecular weight is 264 g/mol. The van der Waals surface area contributed by atoms with E-state index in [-0.39, 0.29) is 18.2 Å². The van der Waals surface area contributed by atoms with Gasteiger partial charge >= 0.3 is 5.97 Å². The van der Waals surface area contributed by atoms with Crippen molar-refractivity contribution in [3.05, 3.63) is 29.8 Å². The molecule has 6 heteroatoms. The van der Waals surface area contributed by atoms with Crippen LogP contribution in [0, 0.1) is 0 Å². The Hall–Kier alpha value is -2.37. The number of hydrogen-bond acceptors (Lipinski definition) is 3. The van der Waals surface area contributed by atoms with Gasteiger partial charge in [0.25, 0.3) is 0 Å². The smallest absolute Gasteiger partial charge is 0.325 e.